The lowest BCUT2D eigenvalue weighted by Crippen LogP contribution is -2.54. The average molecular weight is 801 g/mol. The van der Waals surface area contributed by atoms with Gasteiger partial charge < -0.3 is 44.5 Å². The van der Waals surface area contributed by atoms with Crippen molar-refractivity contribution in [2.45, 2.75) is 114 Å². The summed E-state index contributed by atoms with van der Waals surface area (Å²) in [7, 11) is 0. The van der Waals surface area contributed by atoms with Crippen molar-refractivity contribution in [2.24, 2.45) is 0 Å². The minimum Gasteiger partial charge on any atom is -0.464 e. The van der Waals surface area contributed by atoms with Gasteiger partial charge in [-0.25, -0.2) is 14.4 Å². The van der Waals surface area contributed by atoms with Gasteiger partial charge in [0.25, 0.3) is 0 Å². The van der Waals surface area contributed by atoms with E-state index in [0.717, 1.165) is 34.9 Å². The van der Waals surface area contributed by atoms with Crippen LogP contribution in [0.1, 0.15) is 82.3 Å². The van der Waals surface area contributed by atoms with E-state index >= 15 is 0 Å². The van der Waals surface area contributed by atoms with Crippen molar-refractivity contribution < 1.29 is 47.7 Å². The van der Waals surface area contributed by atoms with E-state index in [4.69, 9.17) is 23.7 Å². The summed E-state index contributed by atoms with van der Waals surface area (Å²) in [6.07, 6.45) is 2.43. The molecule has 6 rings (SSSR count). The largest absolute Gasteiger partial charge is 0.464 e. The Labute approximate surface area is 339 Å². The molecule has 0 saturated carbocycles. The van der Waals surface area contributed by atoms with Crippen LogP contribution in [0.25, 0.3) is 10.8 Å². The molecular weight excluding hydrogens is 745 g/mol. The predicted molar refractivity (Wildman–Crippen MR) is 214 cm³/mol. The molecule has 0 radical (unpaired) electrons. The van der Waals surface area contributed by atoms with Crippen LogP contribution in [-0.2, 0) is 51.0 Å². The number of amides is 4. The molecule has 14 nitrogen and oxygen atoms in total. The lowest BCUT2D eigenvalue weighted by atomic mass is 9.90. The van der Waals surface area contributed by atoms with E-state index in [1.165, 1.54) is 0 Å². The third kappa shape index (κ3) is 12.4. The summed E-state index contributed by atoms with van der Waals surface area (Å²) in [5.74, 6) is -1.83. The van der Waals surface area contributed by atoms with Crippen molar-refractivity contribution in [1.82, 2.24) is 20.9 Å². The molecule has 3 aromatic carbocycles. The van der Waals surface area contributed by atoms with Crippen LogP contribution in [-0.4, -0.2) is 97.9 Å². The maximum atomic E-state index is 13.3. The number of likely N-dealkylation sites (tertiary alicyclic amines) is 1. The summed E-state index contributed by atoms with van der Waals surface area (Å²) in [5, 5.41) is 10.6. The minimum absolute atomic E-state index is 0.00231. The molecule has 3 N–H and O–H groups in total. The lowest BCUT2D eigenvalue weighted by molar-refractivity contribution is -0.329. The Morgan fingerprint density at radius 1 is 0.914 bits per heavy atom. The number of nitrogens with one attached hydrogen (secondary N) is 3. The Morgan fingerprint density at radius 3 is 2.52 bits per heavy atom. The number of ether oxygens (including phenoxy) is 5. The van der Waals surface area contributed by atoms with Crippen LogP contribution in [0, 0.1) is 0 Å². The van der Waals surface area contributed by atoms with Gasteiger partial charge >= 0.3 is 18.2 Å². The van der Waals surface area contributed by atoms with Crippen LogP contribution in [0.4, 0.5) is 9.59 Å². The molecule has 4 amide bonds. The van der Waals surface area contributed by atoms with Gasteiger partial charge in [0.15, 0.2) is 5.79 Å². The van der Waals surface area contributed by atoms with E-state index in [2.05, 4.69) is 16.0 Å². The van der Waals surface area contributed by atoms with Crippen LogP contribution < -0.4 is 16.0 Å². The van der Waals surface area contributed by atoms with Gasteiger partial charge in [0.2, 0.25) is 11.8 Å². The molecule has 0 aromatic heterocycles. The first kappa shape index (κ1) is 42.4. The molecule has 4 unspecified atom stereocenters. The maximum absolute atomic E-state index is 13.3. The van der Waals surface area contributed by atoms with Crippen LogP contribution in [0.5, 0.6) is 0 Å². The van der Waals surface area contributed by atoms with Crippen molar-refractivity contribution >= 4 is 40.7 Å². The SMILES string of the molecule is CCOC(=O)[C@H](Cc1ccccc1)NC(=O)CCC1CC(OC(=O)NCc2cccc3ccccc23)CC2(CCCC(COC(=O)NCCCN3CCCC3=O)O2)O1. The van der Waals surface area contributed by atoms with Crippen molar-refractivity contribution in [1.29, 1.82) is 0 Å². The fourth-order valence-corrected chi connectivity index (χ4v) is 8.04. The van der Waals surface area contributed by atoms with Crippen molar-refractivity contribution in [3.05, 3.63) is 83.9 Å². The number of carbonyl (C=O) groups excluding carboxylic acids is 5. The first-order valence-electron chi connectivity index (χ1n) is 20.6. The highest BCUT2D eigenvalue weighted by molar-refractivity contribution is 5.86. The second kappa shape index (κ2) is 21.0. The van der Waals surface area contributed by atoms with E-state index in [9.17, 15) is 24.0 Å². The highest BCUT2D eigenvalue weighted by Crippen LogP contribution is 2.41. The van der Waals surface area contributed by atoms with Gasteiger partial charge in [0.1, 0.15) is 18.8 Å². The van der Waals surface area contributed by atoms with Crippen molar-refractivity contribution in [2.75, 3.05) is 32.8 Å². The first-order chi connectivity index (χ1) is 28.2. The van der Waals surface area contributed by atoms with E-state index in [1.54, 1.807) is 6.92 Å². The Morgan fingerprint density at radius 2 is 1.71 bits per heavy atom. The van der Waals surface area contributed by atoms with Gasteiger partial charge in [0, 0.05) is 64.7 Å². The zero-order valence-corrected chi connectivity index (χ0v) is 33.3. The Hall–Kier alpha value is -5.21. The smallest absolute Gasteiger partial charge is 0.407 e. The van der Waals surface area contributed by atoms with Crippen LogP contribution in [0.2, 0.25) is 0 Å². The molecule has 5 atom stereocenters. The summed E-state index contributed by atoms with van der Waals surface area (Å²) in [6.45, 7) is 3.92. The molecule has 312 valence electrons. The zero-order chi connectivity index (χ0) is 40.7. The lowest BCUT2D eigenvalue weighted by Gasteiger charge is -2.47. The normalized spacial score (nSPS) is 22.3. The van der Waals surface area contributed by atoms with Gasteiger partial charge in [-0.05, 0) is 60.9 Å². The molecule has 0 bridgehead atoms. The molecule has 0 aliphatic carbocycles. The molecule has 3 aliphatic rings. The van der Waals surface area contributed by atoms with Crippen molar-refractivity contribution in [3.63, 3.8) is 0 Å². The zero-order valence-electron chi connectivity index (χ0n) is 33.3. The number of carbonyl (C=O) groups is 5. The molecule has 3 fully saturated rings. The minimum atomic E-state index is -1.13. The fourth-order valence-electron chi connectivity index (χ4n) is 8.04. The molecule has 14 heteroatoms. The molecular formula is C44H56N4O10. The van der Waals surface area contributed by atoms with Gasteiger partial charge in [0.05, 0.1) is 18.8 Å². The first-order valence-corrected chi connectivity index (χ1v) is 20.6. The molecule has 58 heavy (non-hydrogen) atoms. The van der Waals surface area contributed by atoms with Crippen LogP contribution >= 0.6 is 0 Å². The number of fused-ring (bicyclic) bond motifs is 1. The summed E-state index contributed by atoms with van der Waals surface area (Å²) in [5.41, 5.74) is 1.85. The number of hydrogen-bond acceptors (Lipinski definition) is 10. The third-order valence-corrected chi connectivity index (χ3v) is 10.8. The van der Waals surface area contributed by atoms with E-state index < -0.39 is 48.3 Å². The average Bonchev–Trinajstić information content (AvgIpc) is 3.64. The highest BCUT2D eigenvalue weighted by Gasteiger charge is 2.47. The Kier molecular flexibility index (Phi) is 15.3. The fraction of sp³-hybridized carbons (Fsp3) is 0.523. The number of hydrogen-bond donors (Lipinski definition) is 3. The van der Waals surface area contributed by atoms with E-state index in [-0.39, 0.29) is 57.3 Å². The molecule has 3 aromatic rings. The maximum Gasteiger partial charge on any atom is 0.407 e. The number of benzene rings is 3. The number of rotatable bonds is 17. The highest BCUT2D eigenvalue weighted by atomic mass is 16.7. The van der Waals surface area contributed by atoms with Crippen LogP contribution in [0.15, 0.2) is 72.8 Å². The summed E-state index contributed by atoms with van der Waals surface area (Å²) in [4.78, 5) is 65.7. The molecule has 1 spiro atoms. The second-order valence-corrected chi connectivity index (χ2v) is 15.2. The van der Waals surface area contributed by atoms with Gasteiger partial charge in [-0.3, -0.25) is 9.59 Å². The van der Waals surface area contributed by atoms with Gasteiger partial charge in [-0.15, -0.1) is 0 Å². The molecule has 3 aliphatic heterocycles. The summed E-state index contributed by atoms with van der Waals surface area (Å²) in [6, 6.07) is 22.5. The standard InChI is InChI=1S/C44H56N4O10/c1-2-54-41(51)38(26-31-12-4-3-5-13-31)47-39(49)21-20-34-27-36(56-43(53)46-29-33-16-8-15-32-14-6-7-18-37(32)33)28-44(57-34)22-9-17-35(58-44)30-55-42(52)45-23-11-25-48-24-10-19-40(48)50/h3-8,12-16,18,34-36,38H,2,9-11,17,19-30H2,1H3,(H,45,52)(H,46,53)(H,47,49)/t34?,35?,36?,38-,44?/m0/s1. The topological polar surface area (TPSA) is 171 Å². The number of esters is 1. The monoisotopic (exact) mass is 800 g/mol. The summed E-state index contributed by atoms with van der Waals surface area (Å²) >= 11 is 0. The van der Waals surface area contributed by atoms with Crippen molar-refractivity contribution in [3.8, 4) is 0 Å². The molecule has 3 saturated heterocycles. The second-order valence-electron chi connectivity index (χ2n) is 15.2. The predicted octanol–water partition coefficient (Wildman–Crippen LogP) is 5.69. The molecule has 3 heterocycles. The van der Waals surface area contributed by atoms with Gasteiger partial charge in [-0.1, -0.05) is 72.8 Å². The number of nitrogens with zero attached hydrogens (tertiary/aromatic N) is 1. The Bertz CT molecular complexity index is 1850. The summed E-state index contributed by atoms with van der Waals surface area (Å²) < 4.78 is 30.0. The quantitative estimate of drug-likeness (QED) is 0.0876. The number of alkyl carbamates (subject to hydrolysis) is 2. The van der Waals surface area contributed by atoms with E-state index in [1.807, 2.05) is 77.7 Å². The Balaban J connectivity index is 1.06. The van der Waals surface area contributed by atoms with Gasteiger partial charge in [-0.2, -0.15) is 0 Å². The van der Waals surface area contributed by atoms with E-state index in [0.29, 0.717) is 51.6 Å². The third-order valence-electron chi connectivity index (χ3n) is 10.8. The van der Waals surface area contributed by atoms with Crippen LogP contribution in [0.3, 0.4) is 0 Å².